The van der Waals surface area contributed by atoms with E-state index in [4.69, 9.17) is 0 Å². The van der Waals surface area contributed by atoms with E-state index in [9.17, 15) is 4.79 Å². The van der Waals surface area contributed by atoms with Crippen molar-refractivity contribution in [2.75, 3.05) is 0 Å². The van der Waals surface area contributed by atoms with Gasteiger partial charge >= 0.3 is 0 Å². The highest BCUT2D eigenvalue weighted by atomic mass is 16.1. The third kappa shape index (κ3) is 3.24. The lowest BCUT2D eigenvalue weighted by Crippen LogP contribution is -2.28. The van der Waals surface area contributed by atoms with Gasteiger partial charge in [0.05, 0.1) is 18.8 Å². The Bertz CT molecular complexity index is 1020. The van der Waals surface area contributed by atoms with Crippen molar-refractivity contribution >= 4 is 16.8 Å². The van der Waals surface area contributed by atoms with Gasteiger partial charge in [0.1, 0.15) is 0 Å². The summed E-state index contributed by atoms with van der Waals surface area (Å²) in [5, 5.41) is 4.18. The van der Waals surface area contributed by atoms with Crippen LogP contribution in [0, 0.1) is 0 Å². The van der Waals surface area contributed by atoms with E-state index in [0.717, 1.165) is 27.7 Å². The van der Waals surface area contributed by atoms with Gasteiger partial charge in [-0.25, -0.2) is 4.98 Å². The van der Waals surface area contributed by atoms with Gasteiger partial charge in [-0.2, -0.15) is 0 Å². The number of carbonyl (C=O) groups is 1. The molecule has 130 valence electrons. The molecule has 2 aromatic heterocycles. The minimum absolute atomic E-state index is 0.0148. The molecule has 0 saturated heterocycles. The molecular formula is C21H20N4O. The second-order valence-electron chi connectivity index (χ2n) is 6.39. The number of para-hydroxylation sites is 1. The van der Waals surface area contributed by atoms with Gasteiger partial charge in [-0.3, -0.25) is 4.79 Å². The summed E-state index contributed by atoms with van der Waals surface area (Å²) in [7, 11) is 0. The minimum atomic E-state index is -0.0513. The van der Waals surface area contributed by atoms with Gasteiger partial charge in [0.2, 0.25) is 5.91 Å². The van der Waals surface area contributed by atoms with Crippen LogP contribution < -0.4 is 5.32 Å². The van der Waals surface area contributed by atoms with Gasteiger partial charge < -0.3 is 14.9 Å². The molecule has 4 aromatic rings. The molecule has 1 atom stereocenters. The number of aromatic nitrogens is 3. The number of amides is 1. The highest BCUT2D eigenvalue weighted by Crippen LogP contribution is 2.19. The summed E-state index contributed by atoms with van der Waals surface area (Å²) < 4.78 is 1.95. The van der Waals surface area contributed by atoms with Crippen LogP contribution in [0.5, 0.6) is 0 Å². The molecule has 1 amide bonds. The van der Waals surface area contributed by atoms with E-state index in [2.05, 4.69) is 15.3 Å². The summed E-state index contributed by atoms with van der Waals surface area (Å²) in [6, 6.07) is 16.1. The number of fused-ring (bicyclic) bond motifs is 1. The molecule has 5 nitrogen and oxygen atoms in total. The number of nitrogens with zero attached hydrogens (tertiary/aromatic N) is 2. The Morgan fingerprint density at radius 1 is 1.19 bits per heavy atom. The maximum atomic E-state index is 12.5. The SMILES string of the molecule is C[C@H](NC(=O)Cc1c[nH]c2ccccc12)c1ccc(-n2ccnc2)cc1. The average molecular weight is 344 g/mol. The Kier molecular flexibility index (Phi) is 4.27. The molecule has 0 aliphatic carbocycles. The van der Waals surface area contributed by atoms with Crippen LogP contribution in [0.2, 0.25) is 0 Å². The first kappa shape index (κ1) is 16.1. The molecule has 0 aliphatic heterocycles. The summed E-state index contributed by atoms with van der Waals surface area (Å²) in [5.41, 5.74) is 4.18. The van der Waals surface area contributed by atoms with E-state index in [-0.39, 0.29) is 11.9 Å². The molecular weight excluding hydrogens is 324 g/mol. The standard InChI is InChI=1S/C21H20N4O/c1-15(16-6-8-18(9-7-16)25-11-10-22-14-25)24-21(26)12-17-13-23-20-5-3-2-4-19(17)20/h2-11,13-15,23H,12H2,1H3,(H,24,26)/t15-/m0/s1. The zero-order chi connectivity index (χ0) is 17.9. The van der Waals surface area contributed by atoms with Gasteiger partial charge in [0.25, 0.3) is 0 Å². The van der Waals surface area contributed by atoms with E-state index in [1.165, 1.54) is 0 Å². The van der Waals surface area contributed by atoms with Gasteiger partial charge in [-0.15, -0.1) is 0 Å². The first-order chi connectivity index (χ1) is 12.7. The molecule has 0 saturated carbocycles. The van der Waals surface area contributed by atoms with Crippen LogP contribution in [0.15, 0.2) is 73.4 Å². The van der Waals surface area contributed by atoms with Crippen LogP contribution in [0.25, 0.3) is 16.6 Å². The van der Waals surface area contributed by atoms with Crippen LogP contribution in [-0.2, 0) is 11.2 Å². The first-order valence-electron chi connectivity index (χ1n) is 8.63. The summed E-state index contributed by atoms with van der Waals surface area (Å²) in [5.74, 6) is 0.0148. The molecule has 0 bridgehead atoms. The highest BCUT2D eigenvalue weighted by Gasteiger charge is 2.12. The van der Waals surface area contributed by atoms with E-state index >= 15 is 0 Å². The van der Waals surface area contributed by atoms with Crippen molar-refractivity contribution in [1.82, 2.24) is 19.9 Å². The predicted molar refractivity (Wildman–Crippen MR) is 102 cm³/mol. The zero-order valence-electron chi connectivity index (χ0n) is 14.5. The van der Waals surface area contributed by atoms with Crippen molar-refractivity contribution in [3.63, 3.8) is 0 Å². The maximum Gasteiger partial charge on any atom is 0.224 e. The van der Waals surface area contributed by atoms with Crippen molar-refractivity contribution in [3.8, 4) is 5.69 Å². The lowest BCUT2D eigenvalue weighted by Gasteiger charge is -2.15. The van der Waals surface area contributed by atoms with Crippen LogP contribution in [0.1, 0.15) is 24.1 Å². The Hall–Kier alpha value is -3.34. The Morgan fingerprint density at radius 2 is 2.00 bits per heavy atom. The van der Waals surface area contributed by atoms with Crippen LogP contribution >= 0.6 is 0 Å². The number of hydrogen-bond acceptors (Lipinski definition) is 2. The van der Waals surface area contributed by atoms with E-state index in [1.54, 1.807) is 12.5 Å². The fourth-order valence-electron chi connectivity index (χ4n) is 3.17. The smallest absolute Gasteiger partial charge is 0.224 e. The summed E-state index contributed by atoms with van der Waals surface area (Å²) in [6.07, 6.45) is 7.70. The summed E-state index contributed by atoms with van der Waals surface area (Å²) in [6.45, 7) is 2.00. The van der Waals surface area contributed by atoms with Gasteiger partial charge in [0.15, 0.2) is 0 Å². The van der Waals surface area contributed by atoms with Crippen molar-refractivity contribution in [2.45, 2.75) is 19.4 Å². The number of rotatable bonds is 5. The van der Waals surface area contributed by atoms with E-state index in [1.807, 2.05) is 72.4 Å². The van der Waals surface area contributed by atoms with Crippen LogP contribution in [0.4, 0.5) is 0 Å². The number of aromatic amines is 1. The summed E-state index contributed by atoms with van der Waals surface area (Å²) >= 11 is 0. The molecule has 4 rings (SSSR count). The number of nitrogens with one attached hydrogen (secondary N) is 2. The summed E-state index contributed by atoms with van der Waals surface area (Å²) in [4.78, 5) is 19.7. The van der Waals surface area contributed by atoms with Gasteiger partial charge in [-0.1, -0.05) is 30.3 Å². The van der Waals surface area contributed by atoms with Crippen molar-refractivity contribution in [2.24, 2.45) is 0 Å². The Labute approximate surface area is 151 Å². The molecule has 2 heterocycles. The number of carbonyl (C=O) groups excluding carboxylic acids is 1. The predicted octanol–water partition coefficient (Wildman–Crippen LogP) is 3.77. The third-order valence-corrected chi connectivity index (χ3v) is 4.60. The average Bonchev–Trinajstić information content (AvgIpc) is 3.32. The molecule has 26 heavy (non-hydrogen) atoms. The Balaban J connectivity index is 1.42. The quantitative estimate of drug-likeness (QED) is 0.579. The van der Waals surface area contributed by atoms with Crippen LogP contribution in [0.3, 0.4) is 0 Å². The normalized spacial score (nSPS) is 12.2. The molecule has 0 spiro atoms. The fourth-order valence-corrected chi connectivity index (χ4v) is 3.17. The molecule has 0 aliphatic rings. The second kappa shape index (κ2) is 6.88. The van der Waals surface area contributed by atoms with Crippen molar-refractivity contribution in [1.29, 1.82) is 0 Å². The largest absolute Gasteiger partial charge is 0.361 e. The molecule has 2 aromatic carbocycles. The second-order valence-corrected chi connectivity index (χ2v) is 6.39. The monoisotopic (exact) mass is 344 g/mol. The lowest BCUT2D eigenvalue weighted by atomic mass is 10.1. The number of imidazole rings is 1. The van der Waals surface area contributed by atoms with Crippen molar-refractivity contribution in [3.05, 3.63) is 84.6 Å². The number of benzene rings is 2. The Morgan fingerprint density at radius 3 is 2.77 bits per heavy atom. The third-order valence-electron chi connectivity index (χ3n) is 4.60. The fraction of sp³-hybridized carbons (Fsp3) is 0.143. The van der Waals surface area contributed by atoms with Crippen molar-refractivity contribution < 1.29 is 4.79 Å². The lowest BCUT2D eigenvalue weighted by molar-refractivity contribution is -0.121. The first-order valence-corrected chi connectivity index (χ1v) is 8.63. The van der Waals surface area contributed by atoms with Gasteiger partial charge in [0, 0.05) is 35.2 Å². The molecule has 0 radical (unpaired) electrons. The maximum absolute atomic E-state index is 12.5. The molecule has 0 fully saturated rings. The topological polar surface area (TPSA) is 62.7 Å². The number of H-pyrrole nitrogens is 1. The van der Waals surface area contributed by atoms with Gasteiger partial charge in [-0.05, 0) is 36.2 Å². The van der Waals surface area contributed by atoms with E-state index < -0.39 is 0 Å². The van der Waals surface area contributed by atoms with E-state index in [0.29, 0.717) is 6.42 Å². The highest BCUT2D eigenvalue weighted by molar-refractivity contribution is 5.88. The number of hydrogen-bond donors (Lipinski definition) is 2. The van der Waals surface area contributed by atoms with Crippen LogP contribution in [-0.4, -0.2) is 20.4 Å². The minimum Gasteiger partial charge on any atom is -0.361 e. The zero-order valence-corrected chi connectivity index (χ0v) is 14.5. The molecule has 2 N–H and O–H groups in total. The molecule has 5 heteroatoms. The molecule has 0 unspecified atom stereocenters.